The van der Waals surface area contributed by atoms with Gasteiger partial charge >= 0.3 is 0 Å². The lowest BCUT2D eigenvalue weighted by Gasteiger charge is -2.16. The first kappa shape index (κ1) is 21.3. The fourth-order valence-corrected chi connectivity index (χ4v) is 4.54. The Bertz CT molecular complexity index is 1250. The minimum atomic E-state index is -0.860. The number of benzene rings is 3. The number of imide groups is 1. The molecule has 0 atom stereocenters. The van der Waals surface area contributed by atoms with E-state index in [1.54, 1.807) is 30.3 Å². The predicted octanol–water partition coefficient (Wildman–Crippen LogP) is 6.31. The second-order valence-electron chi connectivity index (χ2n) is 7.12. The third-order valence-corrected chi connectivity index (χ3v) is 6.22. The van der Waals surface area contributed by atoms with E-state index >= 15 is 0 Å². The van der Waals surface area contributed by atoms with Crippen molar-refractivity contribution in [3.63, 3.8) is 0 Å². The number of halogens is 3. The summed E-state index contributed by atoms with van der Waals surface area (Å²) in [6, 6.07) is 15.0. The van der Waals surface area contributed by atoms with Gasteiger partial charge in [0.25, 0.3) is 11.8 Å². The first-order valence-electron chi connectivity index (χ1n) is 9.35. The molecule has 2 amide bonds. The molecule has 1 heterocycles. The molecule has 0 saturated carbocycles. The summed E-state index contributed by atoms with van der Waals surface area (Å²) in [6.07, 6.45) is 0. The Balaban J connectivity index is 1.88. The second-order valence-corrected chi connectivity index (χ2v) is 8.64. The zero-order chi connectivity index (χ0) is 22.3. The van der Waals surface area contributed by atoms with Gasteiger partial charge in [-0.05, 0) is 61.4 Å². The summed E-state index contributed by atoms with van der Waals surface area (Å²) in [5.74, 6) is -3.01. The Morgan fingerprint density at radius 3 is 2.26 bits per heavy atom. The van der Waals surface area contributed by atoms with E-state index in [2.05, 4.69) is 0 Å². The van der Waals surface area contributed by atoms with E-state index in [0.29, 0.717) is 20.4 Å². The molecule has 1 aliphatic rings. The highest BCUT2D eigenvalue weighted by atomic mass is 35.5. The lowest BCUT2D eigenvalue weighted by Crippen LogP contribution is -2.32. The molecule has 3 nitrogen and oxygen atoms in total. The SMILES string of the molecule is Cc1ccc(C2=C(Sc3ccc(Cl)cc3)C(=O)N(c3cc(F)ccc3F)C2=O)c(C)c1. The van der Waals surface area contributed by atoms with Crippen molar-refractivity contribution in [1.29, 1.82) is 0 Å². The highest BCUT2D eigenvalue weighted by Gasteiger charge is 2.42. The maximum Gasteiger partial charge on any atom is 0.273 e. The van der Waals surface area contributed by atoms with Crippen molar-refractivity contribution >= 4 is 46.4 Å². The maximum atomic E-state index is 14.5. The topological polar surface area (TPSA) is 37.4 Å². The zero-order valence-electron chi connectivity index (χ0n) is 16.6. The lowest BCUT2D eigenvalue weighted by molar-refractivity contribution is -0.119. The number of thioether (sulfide) groups is 1. The number of amides is 2. The van der Waals surface area contributed by atoms with Gasteiger partial charge in [-0.3, -0.25) is 9.59 Å². The fraction of sp³-hybridized carbons (Fsp3) is 0.0833. The molecular weight excluding hydrogens is 440 g/mol. The van der Waals surface area contributed by atoms with Crippen molar-refractivity contribution in [2.24, 2.45) is 0 Å². The summed E-state index contributed by atoms with van der Waals surface area (Å²) in [5.41, 5.74) is 2.11. The summed E-state index contributed by atoms with van der Waals surface area (Å²) in [5, 5.41) is 0.533. The quantitative estimate of drug-likeness (QED) is 0.432. The highest BCUT2D eigenvalue weighted by Crippen LogP contribution is 2.43. The molecule has 0 N–H and O–H groups in total. The molecule has 31 heavy (non-hydrogen) atoms. The van der Waals surface area contributed by atoms with E-state index < -0.39 is 29.1 Å². The van der Waals surface area contributed by atoms with Gasteiger partial charge in [-0.2, -0.15) is 0 Å². The number of anilines is 1. The smallest absolute Gasteiger partial charge is 0.268 e. The van der Waals surface area contributed by atoms with Crippen LogP contribution in [0.25, 0.3) is 5.57 Å². The van der Waals surface area contributed by atoms with Gasteiger partial charge in [0.05, 0.1) is 16.2 Å². The number of carbonyl (C=O) groups is 2. The number of rotatable bonds is 4. The Labute approximate surface area is 187 Å². The first-order chi connectivity index (χ1) is 14.8. The lowest BCUT2D eigenvalue weighted by atomic mass is 9.99. The molecule has 0 saturated heterocycles. The molecule has 0 fully saturated rings. The van der Waals surface area contributed by atoms with E-state index in [0.717, 1.165) is 41.1 Å². The van der Waals surface area contributed by atoms with E-state index in [1.807, 2.05) is 26.0 Å². The van der Waals surface area contributed by atoms with Crippen molar-refractivity contribution < 1.29 is 18.4 Å². The van der Waals surface area contributed by atoms with Crippen molar-refractivity contribution in [3.8, 4) is 0 Å². The number of aryl methyl sites for hydroxylation is 2. The Kier molecular flexibility index (Phi) is 5.69. The molecule has 0 radical (unpaired) electrons. The fourth-order valence-electron chi connectivity index (χ4n) is 3.43. The second kappa shape index (κ2) is 8.29. The van der Waals surface area contributed by atoms with Crippen molar-refractivity contribution in [3.05, 3.63) is 98.9 Å². The monoisotopic (exact) mass is 455 g/mol. The van der Waals surface area contributed by atoms with Crippen LogP contribution in [0.4, 0.5) is 14.5 Å². The van der Waals surface area contributed by atoms with Crippen molar-refractivity contribution in [1.82, 2.24) is 0 Å². The standard InChI is InChI=1S/C24H16ClF2NO2S/c1-13-3-9-18(14(2)11-13)21-22(31-17-7-4-15(25)5-8-17)24(30)28(23(21)29)20-12-16(26)6-10-19(20)27/h3-12H,1-2H3. The summed E-state index contributed by atoms with van der Waals surface area (Å²) < 4.78 is 28.3. The molecule has 156 valence electrons. The number of hydrogen-bond acceptors (Lipinski definition) is 3. The molecule has 4 rings (SSSR count). The van der Waals surface area contributed by atoms with Crippen LogP contribution in [0.2, 0.25) is 5.02 Å². The molecule has 0 aromatic heterocycles. The van der Waals surface area contributed by atoms with Crippen LogP contribution in [0, 0.1) is 25.5 Å². The summed E-state index contributed by atoms with van der Waals surface area (Å²) in [4.78, 5) is 28.2. The van der Waals surface area contributed by atoms with Crippen molar-refractivity contribution in [2.75, 3.05) is 4.90 Å². The Morgan fingerprint density at radius 2 is 1.58 bits per heavy atom. The third-order valence-electron chi connectivity index (χ3n) is 4.88. The molecule has 0 bridgehead atoms. The average molecular weight is 456 g/mol. The van der Waals surface area contributed by atoms with E-state index in [9.17, 15) is 18.4 Å². The van der Waals surface area contributed by atoms with Gasteiger partial charge in [-0.15, -0.1) is 0 Å². The van der Waals surface area contributed by atoms with Crippen LogP contribution in [0.5, 0.6) is 0 Å². The van der Waals surface area contributed by atoms with Crippen LogP contribution in [0.3, 0.4) is 0 Å². The normalized spacial score (nSPS) is 14.0. The molecule has 0 aliphatic carbocycles. The van der Waals surface area contributed by atoms with E-state index in [-0.39, 0.29) is 10.5 Å². The summed E-state index contributed by atoms with van der Waals surface area (Å²) in [6.45, 7) is 3.76. The minimum absolute atomic E-state index is 0.142. The Hall–Kier alpha value is -2.96. The molecule has 1 aliphatic heterocycles. The molecule has 7 heteroatoms. The van der Waals surface area contributed by atoms with Gasteiger partial charge in [0.15, 0.2) is 0 Å². The van der Waals surface area contributed by atoms with Gasteiger partial charge in [0.1, 0.15) is 11.6 Å². The maximum absolute atomic E-state index is 14.5. The largest absolute Gasteiger partial charge is 0.273 e. The van der Waals surface area contributed by atoms with Crippen LogP contribution >= 0.6 is 23.4 Å². The minimum Gasteiger partial charge on any atom is -0.268 e. The summed E-state index contributed by atoms with van der Waals surface area (Å²) >= 11 is 7.04. The zero-order valence-corrected chi connectivity index (χ0v) is 18.2. The molecule has 0 spiro atoms. The van der Waals surface area contributed by atoms with Gasteiger partial charge in [0, 0.05) is 16.0 Å². The molecule has 3 aromatic rings. The molecule has 3 aromatic carbocycles. The van der Waals surface area contributed by atoms with Gasteiger partial charge in [-0.25, -0.2) is 13.7 Å². The van der Waals surface area contributed by atoms with E-state index in [4.69, 9.17) is 11.6 Å². The van der Waals surface area contributed by atoms with Crippen molar-refractivity contribution in [2.45, 2.75) is 18.7 Å². The van der Waals surface area contributed by atoms with Crippen LogP contribution in [0.1, 0.15) is 16.7 Å². The Morgan fingerprint density at radius 1 is 0.871 bits per heavy atom. The number of hydrogen-bond donors (Lipinski definition) is 0. The predicted molar refractivity (Wildman–Crippen MR) is 119 cm³/mol. The van der Waals surface area contributed by atoms with Crippen LogP contribution in [-0.2, 0) is 9.59 Å². The summed E-state index contributed by atoms with van der Waals surface area (Å²) in [7, 11) is 0. The van der Waals surface area contributed by atoms with Crippen LogP contribution in [-0.4, -0.2) is 11.8 Å². The van der Waals surface area contributed by atoms with Crippen LogP contribution < -0.4 is 4.90 Å². The van der Waals surface area contributed by atoms with Gasteiger partial charge in [-0.1, -0.05) is 47.1 Å². The molecular formula is C24H16ClF2NO2S. The average Bonchev–Trinajstić information content (AvgIpc) is 2.95. The molecule has 0 unspecified atom stereocenters. The third kappa shape index (κ3) is 4.01. The number of nitrogens with zero attached hydrogens (tertiary/aromatic N) is 1. The van der Waals surface area contributed by atoms with Crippen LogP contribution in [0.15, 0.2) is 70.5 Å². The highest BCUT2D eigenvalue weighted by molar-refractivity contribution is 8.04. The van der Waals surface area contributed by atoms with Gasteiger partial charge in [0.2, 0.25) is 0 Å². The van der Waals surface area contributed by atoms with E-state index in [1.165, 1.54) is 0 Å². The van der Waals surface area contributed by atoms with Gasteiger partial charge < -0.3 is 0 Å². The number of carbonyl (C=O) groups excluding carboxylic acids is 2. The first-order valence-corrected chi connectivity index (χ1v) is 10.5.